The van der Waals surface area contributed by atoms with Gasteiger partial charge in [0.1, 0.15) is 6.23 Å². The van der Waals surface area contributed by atoms with Gasteiger partial charge in [0, 0.05) is 12.5 Å². The number of hydrogen-bond acceptors (Lipinski definition) is 2. The Hall–Kier alpha value is -0.0800. The first kappa shape index (κ1) is 6.62. The average molecular weight is 141 g/mol. The molecule has 2 rings (SSSR count). The lowest BCUT2D eigenvalue weighted by Crippen LogP contribution is -2.28. The second kappa shape index (κ2) is 2.21. The van der Waals surface area contributed by atoms with Gasteiger partial charge in [-0.1, -0.05) is 6.42 Å². The number of likely N-dealkylation sites (tertiary alicyclic amines) is 1. The zero-order valence-electron chi connectivity index (χ0n) is 6.45. The minimum Gasteiger partial charge on any atom is -0.378 e. The molecule has 0 bridgehead atoms. The first-order valence-corrected chi connectivity index (χ1v) is 4.17. The summed E-state index contributed by atoms with van der Waals surface area (Å²) in [5, 5.41) is 9.59. The van der Waals surface area contributed by atoms with Crippen molar-refractivity contribution < 1.29 is 5.11 Å². The second-order valence-electron chi connectivity index (χ2n) is 3.71. The molecule has 10 heavy (non-hydrogen) atoms. The Morgan fingerprint density at radius 3 is 2.90 bits per heavy atom. The molecule has 1 aliphatic carbocycles. The van der Waals surface area contributed by atoms with E-state index in [1.165, 1.54) is 19.3 Å². The van der Waals surface area contributed by atoms with Crippen molar-refractivity contribution in [3.63, 3.8) is 0 Å². The van der Waals surface area contributed by atoms with Crippen LogP contribution in [0.3, 0.4) is 0 Å². The van der Waals surface area contributed by atoms with Crippen LogP contribution in [0.2, 0.25) is 0 Å². The van der Waals surface area contributed by atoms with Crippen LogP contribution in [0.4, 0.5) is 0 Å². The zero-order valence-corrected chi connectivity index (χ0v) is 6.45. The third-order valence-corrected chi connectivity index (χ3v) is 3.07. The standard InChI is InChI=1S/C8H15NO/c1-9-5-6-3-2-4-7(6)8(9)10/h6-8,10H,2-5H2,1H3/t6-,7-,8?/m0/s1. The molecule has 2 fully saturated rings. The Morgan fingerprint density at radius 1 is 1.40 bits per heavy atom. The first-order valence-electron chi connectivity index (χ1n) is 4.17. The van der Waals surface area contributed by atoms with Crippen LogP contribution in [-0.2, 0) is 0 Å². The van der Waals surface area contributed by atoms with Gasteiger partial charge >= 0.3 is 0 Å². The van der Waals surface area contributed by atoms with E-state index in [1.54, 1.807) is 0 Å². The maximum absolute atomic E-state index is 9.59. The lowest BCUT2D eigenvalue weighted by Gasteiger charge is -2.16. The van der Waals surface area contributed by atoms with E-state index >= 15 is 0 Å². The number of aliphatic hydroxyl groups is 1. The van der Waals surface area contributed by atoms with Gasteiger partial charge in [-0.3, -0.25) is 4.90 Å². The molecule has 1 aliphatic heterocycles. The van der Waals surface area contributed by atoms with Gasteiger partial charge in [-0.2, -0.15) is 0 Å². The largest absolute Gasteiger partial charge is 0.378 e. The number of fused-ring (bicyclic) bond motifs is 1. The highest BCUT2D eigenvalue weighted by Gasteiger charge is 2.41. The van der Waals surface area contributed by atoms with Crippen LogP contribution in [-0.4, -0.2) is 29.8 Å². The summed E-state index contributed by atoms with van der Waals surface area (Å²) < 4.78 is 0. The van der Waals surface area contributed by atoms with Crippen molar-refractivity contribution in [2.24, 2.45) is 11.8 Å². The fraction of sp³-hybridized carbons (Fsp3) is 1.00. The molecule has 2 aliphatic rings. The summed E-state index contributed by atoms with van der Waals surface area (Å²) in [7, 11) is 2.02. The molecule has 1 heterocycles. The molecule has 0 amide bonds. The van der Waals surface area contributed by atoms with Crippen LogP contribution >= 0.6 is 0 Å². The van der Waals surface area contributed by atoms with Crippen LogP contribution in [0.15, 0.2) is 0 Å². The second-order valence-corrected chi connectivity index (χ2v) is 3.71. The Bertz CT molecular complexity index is 135. The number of aliphatic hydroxyl groups excluding tert-OH is 1. The van der Waals surface area contributed by atoms with Crippen molar-refractivity contribution in [1.82, 2.24) is 4.90 Å². The molecule has 58 valence electrons. The number of nitrogens with zero attached hydrogens (tertiary/aromatic N) is 1. The van der Waals surface area contributed by atoms with Gasteiger partial charge < -0.3 is 5.11 Å². The van der Waals surface area contributed by atoms with Crippen molar-refractivity contribution in [3.8, 4) is 0 Å². The molecular formula is C8H15NO. The molecule has 3 atom stereocenters. The van der Waals surface area contributed by atoms with Gasteiger partial charge in [0.2, 0.25) is 0 Å². The van der Waals surface area contributed by atoms with E-state index in [9.17, 15) is 5.11 Å². The lowest BCUT2D eigenvalue weighted by molar-refractivity contribution is 0.0225. The zero-order chi connectivity index (χ0) is 7.14. The normalized spacial score (nSPS) is 48.0. The molecule has 0 spiro atoms. The van der Waals surface area contributed by atoms with Crippen LogP contribution in [0, 0.1) is 11.8 Å². The molecule has 1 saturated heterocycles. The highest BCUT2D eigenvalue weighted by molar-refractivity contribution is 4.89. The molecule has 1 N–H and O–H groups in total. The van der Waals surface area contributed by atoms with Crippen LogP contribution in [0.25, 0.3) is 0 Å². The predicted molar refractivity (Wildman–Crippen MR) is 39.5 cm³/mol. The summed E-state index contributed by atoms with van der Waals surface area (Å²) in [5.74, 6) is 1.41. The monoisotopic (exact) mass is 141 g/mol. The molecule has 0 aromatic rings. The van der Waals surface area contributed by atoms with Gasteiger partial charge in [0.15, 0.2) is 0 Å². The average Bonchev–Trinajstić information content (AvgIpc) is 2.41. The van der Waals surface area contributed by atoms with Gasteiger partial charge in [-0.25, -0.2) is 0 Å². The van der Waals surface area contributed by atoms with Crippen LogP contribution < -0.4 is 0 Å². The molecule has 1 saturated carbocycles. The van der Waals surface area contributed by atoms with E-state index in [0.717, 1.165) is 12.5 Å². The van der Waals surface area contributed by atoms with E-state index in [1.807, 2.05) is 7.05 Å². The third kappa shape index (κ3) is 0.789. The molecule has 0 aromatic carbocycles. The summed E-state index contributed by atoms with van der Waals surface area (Å²) in [5.41, 5.74) is 0. The van der Waals surface area contributed by atoms with E-state index in [0.29, 0.717) is 5.92 Å². The summed E-state index contributed by atoms with van der Waals surface area (Å²) in [6.45, 7) is 1.12. The Balaban J connectivity index is 2.09. The van der Waals surface area contributed by atoms with Gasteiger partial charge in [-0.05, 0) is 25.8 Å². The topological polar surface area (TPSA) is 23.5 Å². The van der Waals surface area contributed by atoms with Crippen LogP contribution in [0.1, 0.15) is 19.3 Å². The molecule has 1 unspecified atom stereocenters. The highest BCUT2D eigenvalue weighted by atomic mass is 16.3. The van der Waals surface area contributed by atoms with E-state index in [-0.39, 0.29) is 6.23 Å². The highest BCUT2D eigenvalue weighted by Crippen LogP contribution is 2.40. The summed E-state index contributed by atoms with van der Waals surface area (Å²) >= 11 is 0. The maximum Gasteiger partial charge on any atom is 0.110 e. The molecular weight excluding hydrogens is 126 g/mol. The first-order chi connectivity index (χ1) is 4.79. The van der Waals surface area contributed by atoms with E-state index in [2.05, 4.69) is 4.90 Å². The summed E-state index contributed by atoms with van der Waals surface area (Å²) in [4.78, 5) is 2.08. The summed E-state index contributed by atoms with van der Waals surface area (Å²) in [6, 6.07) is 0. The van der Waals surface area contributed by atoms with Gasteiger partial charge in [-0.15, -0.1) is 0 Å². The Morgan fingerprint density at radius 2 is 2.20 bits per heavy atom. The van der Waals surface area contributed by atoms with Crippen LogP contribution in [0.5, 0.6) is 0 Å². The molecule has 0 aromatic heterocycles. The fourth-order valence-corrected chi connectivity index (χ4v) is 2.49. The molecule has 2 heteroatoms. The third-order valence-electron chi connectivity index (χ3n) is 3.07. The Kier molecular flexibility index (Phi) is 1.46. The van der Waals surface area contributed by atoms with Gasteiger partial charge in [0.25, 0.3) is 0 Å². The molecule has 0 radical (unpaired) electrons. The lowest BCUT2D eigenvalue weighted by atomic mass is 10.00. The SMILES string of the molecule is CN1C[C@@H]2CCC[C@@H]2C1O. The fourth-order valence-electron chi connectivity index (χ4n) is 2.49. The van der Waals surface area contributed by atoms with E-state index in [4.69, 9.17) is 0 Å². The van der Waals surface area contributed by atoms with Crippen molar-refractivity contribution in [2.45, 2.75) is 25.5 Å². The van der Waals surface area contributed by atoms with Crippen molar-refractivity contribution in [3.05, 3.63) is 0 Å². The smallest absolute Gasteiger partial charge is 0.110 e. The van der Waals surface area contributed by atoms with Crippen molar-refractivity contribution in [1.29, 1.82) is 0 Å². The minimum atomic E-state index is -0.132. The van der Waals surface area contributed by atoms with E-state index < -0.39 is 0 Å². The van der Waals surface area contributed by atoms with Crippen molar-refractivity contribution in [2.75, 3.05) is 13.6 Å². The predicted octanol–water partition coefficient (Wildman–Crippen LogP) is 0.666. The molecule has 2 nitrogen and oxygen atoms in total. The quantitative estimate of drug-likeness (QED) is 0.536. The minimum absolute atomic E-state index is 0.132. The maximum atomic E-state index is 9.59. The summed E-state index contributed by atoms with van der Waals surface area (Å²) in [6.07, 6.45) is 3.79. The van der Waals surface area contributed by atoms with Crippen molar-refractivity contribution >= 4 is 0 Å². The number of rotatable bonds is 0. The Labute approximate surface area is 61.8 Å². The number of hydrogen-bond donors (Lipinski definition) is 1. The van der Waals surface area contributed by atoms with Gasteiger partial charge in [0.05, 0.1) is 0 Å².